The van der Waals surface area contributed by atoms with Gasteiger partial charge in [-0.15, -0.1) is 0 Å². The molecule has 2 saturated carbocycles. The van der Waals surface area contributed by atoms with Gasteiger partial charge in [0, 0.05) is 12.8 Å². The lowest BCUT2D eigenvalue weighted by Crippen LogP contribution is -2.53. The Morgan fingerprint density at radius 3 is 2.67 bits per heavy atom. The maximum atomic E-state index is 12.2. The summed E-state index contributed by atoms with van der Waals surface area (Å²) < 4.78 is 0. The van der Waals surface area contributed by atoms with Crippen molar-refractivity contribution in [1.29, 1.82) is 0 Å². The summed E-state index contributed by atoms with van der Waals surface area (Å²) in [4.78, 5) is 12.2. The van der Waals surface area contributed by atoms with Crippen LogP contribution in [0.4, 0.5) is 0 Å². The second-order valence-electron chi connectivity index (χ2n) is 7.79. The zero-order valence-corrected chi connectivity index (χ0v) is 12.0. The van der Waals surface area contributed by atoms with Crippen molar-refractivity contribution in [1.82, 2.24) is 0 Å². The van der Waals surface area contributed by atoms with Crippen LogP contribution in [0.15, 0.2) is 12.2 Å². The smallest absolute Gasteiger partial charge is 0.134 e. The van der Waals surface area contributed by atoms with E-state index in [0.29, 0.717) is 5.78 Å². The third-order valence-corrected chi connectivity index (χ3v) is 6.15. The summed E-state index contributed by atoms with van der Waals surface area (Å²) in [6, 6.07) is 0. The third kappa shape index (κ3) is 1.70. The molecule has 0 aromatic rings. The summed E-state index contributed by atoms with van der Waals surface area (Å²) >= 11 is 0. The molecule has 0 aliphatic heterocycles. The number of ketones is 1. The number of hydrogen-bond acceptors (Lipinski definition) is 1. The van der Waals surface area contributed by atoms with Crippen LogP contribution < -0.4 is 0 Å². The first-order valence-electron chi connectivity index (χ1n) is 7.62. The Bertz CT molecular complexity index is 392. The van der Waals surface area contributed by atoms with E-state index in [1.54, 1.807) is 0 Å². The third-order valence-electron chi connectivity index (χ3n) is 6.15. The summed E-state index contributed by atoms with van der Waals surface area (Å²) in [6.07, 6.45) is 11.6. The summed E-state index contributed by atoms with van der Waals surface area (Å²) in [5.74, 6) is 2.76. The fourth-order valence-corrected chi connectivity index (χ4v) is 5.61. The number of Topliss-reactive ketones (excluding diaryl/α,β-unsaturated/α-hetero) is 1. The van der Waals surface area contributed by atoms with Gasteiger partial charge in [0.15, 0.2) is 0 Å². The van der Waals surface area contributed by atoms with Gasteiger partial charge in [-0.3, -0.25) is 4.79 Å². The van der Waals surface area contributed by atoms with Gasteiger partial charge in [0.2, 0.25) is 0 Å². The van der Waals surface area contributed by atoms with Gasteiger partial charge < -0.3 is 0 Å². The fourth-order valence-electron chi connectivity index (χ4n) is 5.61. The molecule has 0 aromatic heterocycles. The molecule has 0 saturated heterocycles. The lowest BCUT2D eigenvalue weighted by molar-refractivity contribution is -0.144. The summed E-state index contributed by atoms with van der Waals surface area (Å²) in [6.45, 7) is 7.07. The van der Waals surface area contributed by atoms with Crippen molar-refractivity contribution >= 4 is 5.78 Å². The van der Waals surface area contributed by atoms with Gasteiger partial charge in [0.25, 0.3) is 0 Å². The Kier molecular flexibility index (Phi) is 2.73. The van der Waals surface area contributed by atoms with Crippen LogP contribution in [0.3, 0.4) is 0 Å². The van der Waals surface area contributed by atoms with Crippen LogP contribution in [-0.4, -0.2) is 5.78 Å². The van der Waals surface area contributed by atoms with E-state index < -0.39 is 0 Å². The van der Waals surface area contributed by atoms with Gasteiger partial charge >= 0.3 is 0 Å². The van der Waals surface area contributed by atoms with Crippen molar-refractivity contribution in [2.75, 3.05) is 0 Å². The van der Waals surface area contributed by atoms with Crippen molar-refractivity contribution < 1.29 is 4.79 Å². The first-order chi connectivity index (χ1) is 8.43. The topological polar surface area (TPSA) is 17.1 Å². The lowest BCUT2D eigenvalue weighted by atomic mass is 9.45. The minimum atomic E-state index is 0.218. The minimum absolute atomic E-state index is 0.218. The van der Waals surface area contributed by atoms with E-state index in [4.69, 9.17) is 0 Å². The molecule has 0 radical (unpaired) electrons. The van der Waals surface area contributed by atoms with E-state index in [0.717, 1.165) is 30.6 Å². The second-order valence-corrected chi connectivity index (χ2v) is 7.79. The predicted octanol–water partition coefficient (Wildman–Crippen LogP) is 4.37. The van der Waals surface area contributed by atoms with E-state index in [1.807, 2.05) is 0 Å². The molecule has 4 atom stereocenters. The molecule has 2 fully saturated rings. The molecule has 100 valence electrons. The maximum Gasteiger partial charge on any atom is 0.134 e. The van der Waals surface area contributed by atoms with Crippen LogP contribution in [0.25, 0.3) is 0 Å². The number of carbonyl (C=O) groups excluding carboxylic acids is 1. The first kappa shape index (κ1) is 12.4. The molecule has 0 bridgehead atoms. The van der Waals surface area contributed by atoms with Crippen molar-refractivity contribution in [3.63, 3.8) is 0 Å². The SMILES string of the molecule is CC1(C)CC(=O)CC2(C)C3CCC=CC3CCC12. The van der Waals surface area contributed by atoms with Gasteiger partial charge in [-0.05, 0) is 54.3 Å². The van der Waals surface area contributed by atoms with E-state index in [2.05, 4.69) is 32.9 Å². The van der Waals surface area contributed by atoms with Gasteiger partial charge in [0.05, 0.1) is 0 Å². The van der Waals surface area contributed by atoms with E-state index in [-0.39, 0.29) is 10.8 Å². The average Bonchev–Trinajstić information content (AvgIpc) is 2.26. The minimum Gasteiger partial charge on any atom is -0.300 e. The van der Waals surface area contributed by atoms with E-state index in [1.165, 1.54) is 25.7 Å². The quantitative estimate of drug-likeness (QED) is 0.580. The maximum absolute atomic E-state index is 12.2. The van der Waals surface area contributed by atoms with Crippen LogP contribution in [0, 0.1) is 28.6 Å². The highest BCUT2D eigenvalue weighted by molar-refractivity contribution is 5.81. The molecule has 0 N–H and O–H groups in total. The molecule has 0 amide bonds. The number of rotatable bonds is 0. The van der Waals surface area contributed by atoms with E-state index >= 15 is 0 Å². The highest BCUT2D eigenvalue weighted by Crippen LogP contribution is 2.62. The van der Waals surface area contributed by atoms with Crippen LogP contribution in [0.1, 0.15) is 59.3 Å². The van der Waals surface area contributed by atoms with Crippen LogP contribution in [0.2, 0.25) is 0 Å². The van der Waals surface area contributed by atoms with Gasteiger partial charge in [-0.25, -0.2) is 0 Å². The van der Waals surface area contributed by atoms with Gasteiger partial charge in [-0.2, -0.15) is 0 Å². The van der Waals surface area contributed by atoms with Crippen molar-refractivity contribution in [3.05, 3.63) is 12.2 Å². The fraction of sp³-hybridized carbons (Fsp3) is 0.824. The lowest BCUT2D eigenvalue weighted by Gasteiger charge is -2.59. The Hall–Kier alpha value is -0.590. The van der Waals surface area contributed by atoms with E-state index in [9.17, 15) is 4.79 Å². The molecule has 1 heteroatoms. The molecule has 3 aliphatic rings. The molecule has 0 spiro atoms. The highest BCUT2D eigenvalue weighted by atomic mass is 16.1. The average molecular weight is 246 g/mol. The summed E-state index contributed by atoms with van der Waals surface area (Å²) in [5.41, 5.74) is 0.489. The second kappa shape index (κ2) is 3.95. The van der Waals surface area contributed by atoms with Crippen LogP contribution in [0.5, 0.6) is 0 Å². The Balaban J connectivity index is 1.99. The normalized spacial score (nSPS) is 46.4. The molecule has 1 nitrogen and oxygen atoms in total. The monoisotopic (exact) mass is 246 g/mol. The van der Waals surface area contributed by atoms with Crippen molar-refractivity contribution in [2.24, 2.45) is 28.6 Å². The number of fused-ring (bicyclic) bond motifs is 3. The molecule has 0 heterocycles. The zero-order valence-electron chi connectivity index (χ0n) is 12.0. The van der Waals surface area contributed by atoms with Crippen molar-refractivity contribution in [2.45, 2.75) is 59.3 Å². The Morgan fingerprint density at radius 1 is 1.11 bits per heavy atom. The number of allylic oxidation sites excluding steroid dienone is 2. The largest absolute Gasteiger partial charge is 0.300 e. The van der Waals surface area contributed by atoms with Gasteiger partial charge in [0.1, 0.15) is 5.78 Å². The molecule has 3 aliphatic carbocycles. The zero-order chi connectivity index (χ0) is 13.0. The molecular weight excluding hydrogens is 220 g/mol. The highest BCUT2D eigenvalue weighted by Gasteiger charge is 2.56. The Morgan fingerprint density at radius 2 is 1.89 bits per heavy atom. The molecular formula is C17H26O. The Labute approximate surface area is 111 Å². The summed E-state index contributed by atoms with van der Waals surface area (Å²) in [7, 11) is 0. The van der Waals surface area contributed by atoms with Crippen LogP contribution >= 0.6 is 0 Å². The molecule has 0 aromatic carbocycles. The predicted molar refractivity (Wildman–Crippen MR) is 74.2 cm³/mol. The summed E-state index contributed by atoms with van der Waals surface area (Å²) in [5, 5.41) is 0. The first-order valence-corrected chi connectivity index (χ1v) is 7.62. The van der Waals surface area contributed by atoms with Crippen molar-refractivity contribution in [3.8, 4) is 0 Å². The molecule has 3 rings (SSSR count). The number of hydrogen-bond donors (Lipinski definition) is 0. The standard InChI is InChI=1S/C17H26O/c1-16(2)10-13(18)11-17(3)14-7-5-4-6-12(14)8-9-15(16)17/h4,6,12,14-15H,5,7-11H2,1-3H3. The molecule has 18 heavy (non-hydrogen) atoms. The molecule has 4 unspecified atom stereocenters. The van der Waals surface area contributed by atoms with Crippen LogP contribution in [-0.2, 0) is 4.79 Å². The van der Waals surface area contributed by atoms with Gasteiger partial charge in [-0.1, -0.05) is 32.9 Å². The number of carbonyl (C=O) groups is 1.